The maximum atomic E-state index is 9.57. The fourth-order valence-corrected chi connectivity index (χ4v) is 2.62. The summed E-state index contributed by atoms with van der Waals surface area (Å²) in [4.78, 5) is 2.19. The van der Waals surface area contributed by atoms with Gasteiger partial charge in [-0.05, 0) is 67.4 Å². The van der Waals surface area contributed by atoms with Crippen molar-refractivity contribution in [3.8, 4) is 5.75 Å². The van der Waals surface area contributed by atoms with Crippen molar-refractivity contribution in [2.75, 3.05) is 4.90 Å². The van der Waals surface area contributed by atoms with Crippen LogP contribution in [0.3, 0.4) is 0 Å². The van der Waals surface area contributed by atoms with Gasteiger partial charge < -0.3 is 10.0 Å². The van der Waals surface area contributed by atoms with E-state index in [0.29, 0.717) is 0 Å². The first-order chi connectivity index (χ1) is 11.2. The molecule has 0 heterocycles. The molecule has 0 amide bonds. The molecule has 3 aromatic rings. The Bertz CT molecular complexity index is 713. The number of rotatable bonds is 4. The van der Waals surface area contributed by atoms with Gasteiger partial charge >= 0.3 is 0 Å². The third kappa shape index (κ3) is 3.37. The van der Waals surface area contributed by atoms with Crippen molar-refractivity contribution in [2.24, 2.45) is 0 Å². The fourth-order valence-electron chi connectivity index (χ4n) is 2.62. The molecule has 0 saturated carbocycles. The van der Waals surface area contributed by atoms with Crippen molar-refractivity contribution >= 4 is 17.1 Å². The summed E-state index contributed by atoms with van der Waals surface area (Å²) < 4.78 is 0. The third-order valence-corrected chi connectivity index (χ3v) is 4.00. The number of hydrogen-bond donors (Lipinski definition) is 1. The van der Waals surface area contributed by atoms with Crippen molar-refractivity contribution < 1.29 is 5.11 Å². The Kier molecular flexibility index (Phi) is 4.33. The van der Waals surface area contributed by atoms with Gasteiger partial charge in [0.1, 0.15) is 5.75 Å². The number of aryl methyl sites for hydroxylation is 2. The Balaban J connectivity index is 2.08. The summed E-state index contributed by atoms with van der Waals surface area (Å²) in [5.41, 5.74) is 5.79. The molecule has 1 N–H and O–H groups in total. The minimum Gasteiger partial charge on any atom is -0.508 e. The van der Waals surface area contributed by atoms with E-state index in [4.69, 9.17) is 0 Å². The predicted molar refractivity (Wildman–Crippen MR) is 96.9 cm³/mol. The second-order valence-electron chi connectivity index (χ2n) is 5.71. The van der Waals surface area contributed by atoms with Gasteiger partial charge in [-0.2, -0.15) is 0 Å². The molecule has 2 heteroatoms. The molecule has 2 nitrogen and oxygen atoms in total. The van der Waals surface area contributed by atoms with E-state index >= 15 is 0 Å². The van der Waals surface area contributed by atoms with E-state index in [0.717, 1.165) is 23.5 Å². The first-order valence-electron chi connectivity index (χ1n) is 7.92. The summed E-state index contributed by atoms with van der Waals surface area (Å²) in [7, 11) is 0. The van der Waals surface area contributed by atoms with Gasteiger partial charge in [0.15, 0.2) is 0 Å². The molecule has 0 saturated heterocycles. The Morgan fingerprint density at radius 2 is 1.13 bits per heavy atom. The van der Waals surface area contributed by atoms with E-state index in [-0.39, 0.29) is 5.75 Å². The van der Waals surface area contributed by atoms with Crippen LogP contribution in [0.4, 0.5) is 17.1 Å². The lowest BCUT2D eigenvalue weighted by Gasteiger charge is -2.25. The van der Waals surface area contributed by atoms with Crippen molar-refractivity contribution in [1.82, 2.24) is 0 Å². The first-order valence-corrected chi connectivity index (χ1v) is 7.92. The number of benzene rings is 3. The van der Waals surface area contributed by atoms with E-state index in [2.05, 4.69) is 67.3 Å². The van der Waals surface area contributed by atoms with E-state index in [1.807, 2.05) is 12.1 Å². The Morgan fingerprint density at radius 3 is 1.61 bits per heavy atom. The number of phenols is 1. The van der Waals surface area contributed by atoms with Crippen LogP contribution in [-0.2, 0) is 6.42 Å². The zero-order chi connectivity index (χ0) is 16.2. The van der Waals surface area contributed by atoms with Crippen LogP contribution in [0.1, 0.15) is 18.1 Å². The van der Waals surface area contributed by atoms with Gasteiger partial charge in [0, 0.05) is 17.1 Å². The molecule has 0 aliphatic carbocycles. The molecule has 3 aromatic carbocycles. The summed E-state index contributed by atoms with van der Waals surface area (Å²) >= 11 is 0. The number of aromatic hydroxyl groups is 1. The molecule has 0 aliphatic rings. The molecule has 0 aromatic heterocycles. The van der Waals surface area contributed by atoms with Gasteiger partial charge in [0.25, 0.3) is 0 Å². The lowest BCUT2D eigenvalue weighted by atomic mass is 10.1. The molecular weight excluding hydrogens is 282 g/mol. The highest BCUT2D eigenvalue weighted by Gasteiger charge is 2.12. The molecular formula is C21H21NO. The highest BCUT2D eigenvalue weighted by molar-refractivity contribution is 5.76. The Labute approximate surface area is 137 Å². The lowest BCUT2D eigenvalue weighted by molar-refractivity contribution is 0.475. The van der Waals surface area contributed by atoms with Crippen molar-refractivity contribution in [3.63, 3.8) is 0 Å². The number of anilines is 3. The first kappa shape index (κ1) is 15.2. The molecule has 0 fully saturated rings. The largest absolute Gasteiger partial charge is 0.508 e. The summed E-state index contributed by atoms with van der Waals surface area (Å²) in [5.74, 6) is 0.277. The van der Waals surface area contributed by atoms with Gasteiger partial charge in [-0.25, -0.2) is 0 Å². The normalized spacial score (nSPS) is 10.5. The molecule has 0 spiro atoms. The van der Waals surface area contributed by atoms with Gasteiger partial charge in [-0.15, -0.1) is 0 Å². The lowest BCUT2D eigenvalue weighted by Crippen LogP contribution is -2.09. The second kappa shape index (κ2) is 6.57. The van der Waals surface area contributed by atoms with Gasteiger partial charge in [-0.1, -0.05) is 36.8 Å². The van der Waals surface area contributed by atoms with E-state index < -0.39 is 0 Å². The second-order valence-corrected chi connectivity index (χ2v) is 5.71. The van der Waals surface area contributed by atoms with E-state index in [9.17, 15) is 5.11 Å². The standard InChI is InChI=1S/C21H21NO/c1-3-17-6-10-19(11-7-17)22(18-8-4-16(2)5-9-18)20-12-14-21(23)15-13-20/h4-15,23H,3H2,1-2H3. The molecule has 3 rings (SSSR count). The molecule has 116 valence electrons. The summed E-state index contributed by atoms with van der Waals surface area (Å²) in [6.45, 7) is 4.25. The minimum absolute atomic E-state index is 0.277. The monoisotopic (exact) mass is 303 g/mol. The topological polar surface area (TPSA) is 23.5 Å². The highest BCUT2D eigenvalue weighted by Crippen LogP contribution is 2.35. The smallest absolute Gasteiger partial charge is 0.115 e. The van der Waals surface area contributed by atoms with Crippen molar-refractivity contribution in [2.45, 2.75) is 20.3 Å². The zero-order valence-corrected chi connectivity index (χ0v) is 13.5. The van der Waals surface area contributed by atoms with E-state index in [1.54, 1.807) is 12.1 Å². The summed E-state index contributed by atoms with van der Waals surface area (Å²) in [6.07, 6.45) is 1.03. The predicted octanol–water partition coefficient (Wildman–Crippen LogP) is 5.73. The number of hydrogen-bond acceptors (Lipinski definition) is 2. The van der Waals surface area contributed by atoms with Crippen LogP contribution >= 0.6 is 0 Å². The quantitative estimate of drug-likeness (QED) is 0.665. The van der Waals surface area contributed by atoms with Gasteiger partial charge in [0.05, 0.1) is 0 Å². The average Bonchev–Trinajstić information content (AvgIpc) is 2.59. The summed E-state index contributed by atoms with van der Waals surface area (Å²) in [6, 6.07) is 24.4. The van der Waals surface area contributed by atoms with Crippen LogP contribution in [-0.4, -0.2) is 5.11 Å². The maximum absolute atomic E-state index is 9.57. The number of nitrogens with zero attached hydrogens (tertiary/aromatic N) is 1. The average molecular weight is 303 g/mol. The Hall–Kier alpha value is -2.74. The molecule has 23 heavy (non-hydrogen) atoms. The molecule has 0 radical (unpaired) electrons. The molecule has 0 atom stereocenters. The van der Waals surface area contributed by atoms with Crippen LogP contribution in [0.5, 0.6) is 5.75 Å². The van der Waals surface area contributed by atoms with Crippen LogP contribution in [0, 0.1) is 6.92 Å². The maximum Gasteiger partial charge on any atom is 0.115 e. The molecule has 0 bridgehead atoms. The van der Waals surface area contributed by atoms with E-state index in [1.165, 1.54) is 11.1 Å². The molecule has 0 unspecified atom stereocenters. The van der Waals surface area contributed by atoms with Gasteiger partial charge in [0.2, 0.25) is 0 Å². The van der Waals surface area contributed by atoms with Crippen LogP contribution in [0.25, 0.3) is 0 Å². The zero-order valence-electron chi connectivity index (χ0n) is 13.5. The van der Waals surface area contributed by atoms with Crippen molar-refractivity contribution in [3.05, 3.63) is 83.9 Å². The van der Waals surface area contributed by atoms with Crippen LogP contribution in [0.15, 0.2) is 72.8 Å². The third-order valence-electron chi connectivity index (χ3n) is 4.00. The summed E-state index contributed by atoms with van der Waals surface area (Å²) in [5, 5.41) is 9.57. The number of phenolic OH excluding ortho intramolecular Hbond substituents is 1. The molecule has 0 aliphatic heterocycles. The van der Waals surface area contributed by atoms with Crippen molar-refractivity contribution in [1.29, 1.82) is 0 Å². The Morgan fingerprint density at radius 1 is 0.696 bits per heavy atom. The fraction of sp³-hybridized carbons (Fsp3) is 0.143. The minimum atomic E-state index is 0.277. The van der Waals surface area contributed by atoms with Crippen LogP contribution < -0.4 is 4.90 Å². The van der Waals surface area contributed by atoms with Crippen LogP contribution in [0.2, 0.25) is 0 Å². The van der Waals surface area contributed by atoms with Gasteiger partial charge in [-0.3, -0.25) is 0 Å². The SMILES string of the molecule is CCc1ccc(N(c2ccc(C)cc2)c2ccc(O)cc2)cc1. The highest BCUT2D eigenvalue weighted by atomic mass is 16.3.